The quantitative estimate of drug-likeness (QED) is 0.892. The second-order valence-electron chi connectivity index (χ2n) is 6.20. The van der Waals surface area contributed by atoms with Gasteiger partial charge in [-0.3, -0.25) is 4.79 Å². The Morgan fingerprint density at radius 1 is 1.44 bits per heavy atom. The summed E-state index contributed by atoms with van der Waals surface area (Å²) in [5, 5.41) is 16.0. The van der Waals surface area contributed by atoms with Crippen molar-refractivity contribution in [2.75, 3.05) is 11.4 Å². The number of nitrogens with zero attached hydrogens (tertiary/aromatic N) is 5. The summed E-state index contributed by atoms with van der Waals surface area (Å²) in [6.07, 6.45) is 5.18. The standard InChI is InChI=1S/C16H15ClN6O2/c17-11-6-9(7-18)8-19-14(11)23-5-1-2-12(23)16-21-13(22-25-16)15(24)20-10-3-4-10/h6,8,10,12H,1-5H2,(H,20,24). The molecule has 1 saturated heterocycles. The zero-order valence-electron chi connectivity index (χ0n) is 13.3. The van der Waals surface area contributed by atoms with Gasteiger partial charge in [-0.2, -0.15) is 10.2 Å². The molecule has 1 aliphatic heterocycles. The number of carbonyl (C=O) groups excluding carboxylic acids is 1. The van der Waals surface area contributed by atoms with Crippen LogP contribution in [-0.4, -0.2) is 33.6 Å². The zero-order valence-corrected chi connectivity index (χ0v) is 14.0. The predicted octanol–water partition coefficient (Wildman–Crippen LogP) is 2.22. The molecule has 9 heteroatoms. The van der Waals surface area contributed by atoms with Crippen molar-refractivity contribution >= 4 is 23.3 Å². The van der Waals surface area contributed by atoms with Gasteiger partial charge in [0.1, 0.15) is 17.9 Å². The summed E-state index contributed by atoms with van der Waals surface area (Å²) >= 11 is 6.27. The van der Waals surface area contributed by atoms with Gasteiger partial charge in [0.05, 0.1) is 10.6 Å². The SMILES string of the molecule is N#Cc1cnc(N2CCCC2c2nc(C(=O)NC3CC3)no2)c(Cl)c1. The lowest BCUT2D eigenvalue weighted by atomic mass is 10.2. The van der Waals surface area contributed by atoms with E-state index in [4.69, 9.17) is 21.4 Å². The molecule has 1 atom stereocenters. The topological polar surface area (TPSA) is 108 Å². The molecular weight excluding hydrogens is 344 g/mol. The molecule has 1 N–H and O–H groups in total. The summed E-state index contributed by atoms with van der Waals surface area (Å²) < 4.78 is 5.32. The van der Waals surface area contributed by atoms with Crippen molar-refractivity contribution in [3.63, 3.8) is 0 Å². The maximum absolute atomic E-state index is 12.0. The molecule has 2 aromatic heterocycles. The number of hydrogen-bond acceptors (Lipinski definition) is 7. The van der Waals surface area contributed by atoms with Crippen LogP contribution in [0.1, 0.15) is 53.8 Å². The predicted molar refractivity (Wildman–Crippen MR) is 88.1 cm³/mol. The van der Waals surface area contributed by atoms with Gasteiger partial charge < -0.3 is 14.7 Å². The van der Waals surface area contributed by atoms with Crippen molar-refractivity contribution in [1.82, 2.24) is 20.4 Å². The molecule has 0 bridgehead atoms. The molecule has 8 nitrogen and oxygen atoms in total. The minimum absolute atomic E-state index is 0.0487. The Hall–Kier alpha value is -2.66. The molecule has 25 heavy (non-hydrogen) atoms. The third-order valence-corrected chi connectivity index (χ3v) is 4.60. The highest BCUT2D eigenvalue weighted by atomic mass is 35.5. The van der Waals surface area contributed by atoms with Gasteiger partial charge in [0.25, 0.3) is 11.7 Å². The van der Waals surface area contributed by atoms with Crippen LogP contribution >= 0.6 is 11.6 Å². The molecular formula is C16H15ClN6O2. The Labute approximate surface area is 148 Å². The van der Waals surface area contributed by atoms with Gasteiger partial charge >= 0.3 is 0 Å². The fourth-order valence-corrected chi connectivity index (χ4v) is 3.20. The van der Waals surface area contributed by atoms with Crippen LogP contribution in [0.25, 0.3) is 0 Å². The van der Waals surface area contributed by atoms with Gasteiger partial charge in [0.15, 0.2) is 0 Å². The van der Waals surface area contributed by atoms with E-state index in [1.54, 1.807) is 6.07 Å². The van der Waals surface area contributed by atoms with E-state index in [-0.39, 0.29) is 23.8 Å². The van der Waals surface area contributed by atoms with Gasteiger partial charge in [-0.1, -0.05) is 16.8 Å². The van der Waals surface area contributed by atoms with Gasteiger partial charge in [-0.05, 0) is 31.7 Å². The van der Waals surface area contributed by atoms with Crippen molar-refractivity contribution in [2.24, 2.45) is 0 Å². The first-order valence-electron chi connectivity index (χ1n) is 8.12. The number of rotatable bonds is 4. The smallest absolute Gasteiger partial charge is 0.292 e. The Bertz CT molecular complexity index is 857. The molecule has 128 valence electrons. The van der Waals surface area contributed by atoms with Crippen LogP contribution in [0.2, 0.25) is 5.02 Å². The van der Waals surface area contributed by atoms with Crippen molar-refractivity contribution in [1.29, 1.82) is 5.26 Å². The Morgan fingerprint density at radius 2 is 2.28 bits per heavy atom. The van der Waals surface area contributed by atoms with Gasteiger partial charge in [0.2, 0.25) is 5.89 Å². The number of nitrogens with one attached hydrogen (secondary N) is 1. The average molecular weight is 359 g/mol. The molecule has 1 unspecified atom stereocenters. The van der Waals surface area contributed by atoms with E-state index < -0.39 is 0 Å². The molecule has 4 rings (SSSR count). The van der Waals surface area contributed by atoms with E-state index in [0.29, 0.717) is 22.3 Å². The third-order valence-electron chi connectivity index (χ3n) is 4.32. The van der Waals surface area contributed by atoms with Gasteiger partial charge in [-0.25, -0.2) is 4.98 Å². The first-order chi connectivity index (χ1) is 12.2. The normalized spacial score (nSPS) is 19.7. The molecule has 1 saturated carbocycles. The van der Waals surface area contributed by atoms with Crippen LogP contribution in [0.15, 0.2) is 16.8 Å². The Balaban J connectivity index is 1.56. The summed E-state index contributed by atoms with van der Waals surface area (Å²) in [5.41, 5.74) is 0.404. The summed E-state index contributed by atoms with van der Waals surface area (Å²) in [7, 11) is 0. The fourth-order valence-electron chi connectivity index (χ4n) is 2.92. The zero-order chi connectivity index (χ0) is 17.4. The maximum Gasteiger partial charge on any atom is 0.292 e. The molecule has 0 aromatic carbocycles. The minimum atomic E-state index is -0.309. The summed E-state index contributed by atoms with van der Waals surface area (Å²) in [5.74, 6) is 0.690. The number of carbonyl (C=O) groups is 1. The second kappa shape index (κ2) is 6.33. The highest BCUT2D eigenvalue weighted by Gasteiger charge is 2.34. The highest BCUT2D eigenvalue weighted by molar-refractivity contribution is 6.33. The van der Waals surface area contributed by atoms with Crippen LogP contribution in [0.4, 0.5) is 5.82 Å². The van der Waals surface area contributed by atoms with Crippen LogP contribution in [0.5, 0.6) is 0 Å². The number of hydrogen-bond donors (Lipinski definition) is 1. The van der Waals surface area contributed by atoms with Crippen LogP contribution in [-0.2, 0) is 0 Å². The van der Waals surface area contributed by atoms with Crippen LogP contribution < -0.4 is 10.2 Å². The van der Waals surface area contributed by atoms with Crippen molar-refractivity contribution in [3.05, 3.63) is 34.6 Å². The largest absolute Gasteiger partial charge is 0.346 e. The summed E-state index contributed by atoms with van der Waals surface area (Å²) in [6.45, 7) is 0.731. The van der Waals surface area contributed by atoms with Crippen molar-refractivity contribution < 1.29 is 9.32 Å². The van der Waals surface area contributed by atoms with E-state index in [1.807, 2.05) is 11.0 Å². The first-order valence-corrected chi connectivity index (χ1v) is 8.50. The first kappa shape index (κ1) is 15.8. The molecule has 1 amide bonds. The number of aromatic nitrogens is 3. The fraction of sp³-hybridized carbons (Fsp3) is 0.438. The second-order valence-corrected chi connectivity index (χ2v) is 6.60. The maximum atomic E-state index is 12.0. The van der Waals surface area contributed by atoms with Gasteiger partial charge in [0, 0.05) is 18.8 Å². The van der Waals surface area contributed by atoms with E-state index in [2.05, 4.69) is 20.4 Å². The molecule has 1 aliphatic carbocycles. The number of anilines is 1. The molecule has 2 aromatic rings. The summed E-state index contributed by atoms with van der Waals surface area (Å²) in [6, 6.07) is 3.65. The average Bonchev–Trinajstić information content (AvgIpc) is 3.11. The van der Waals surface area contributed by atoms with Crippen molar-refractivity contribution in [2.45, 2.75) is 37.8 Å². The van der Waals surface area contributed by atoms with Crippen LogP contribution in [0, 0.1) is 11.3 Å². The molecule has 0 spiro atoms. The highest BCUT2D eigenvalue weighted by Crippen LogP contribution is 2.37. The Kier molecular flexibility index (Phi) is 4.01. The van der Waals surface area contributed by atoms with E-state index in [0.717, 1.165) is 32.2 Å². The lowest BCUT2D eigenvalue weighted by Gasteiger charge is -2.23. The Morgan fingerprint density at radius 3 is 3.00 bits per heavy atom. The molecule has 0 radical (unpaired) electrons. The molecule has 2 fully saturated rings. The lowest BCUT2D eigenvalue weighted by molar-refractivity contribution is 0.0937. The van der Waals surface area contributed by atoms with E-state index in [9.17, 15) is 4.79 Å². The minimum Gasteiger partial charge on any atom is -0.346 e. The van der Waals surface area contributed by atoms with Gasteiger partial charge in [-0.15, -0.1) is 0 Å². The third kappa shape index (κ3) is 3.15. The van der Waals surface area contributed by atoms with E-state index >= 15 is 0 Å². The van der Waals surface area contributed by atoms with Crippen LogP contribution in [0.3, 0.4) is 0 Å². The number of amides is 1. The van der Waals surface area contributed by atoms with Crippen molar-refractivity contribution in [3.8, 4) is 6.07 Å². The molecule has 3 heterocycles. The molecule has 2 aliphatic rings. The van der Waals surface area contributed by atoms with E-state index in [1.165, 1.54) is 6.20 Å². The number of pyridine rings is 1. The monoisotopic (exact) mass is 358 g/mol. The number of halogens is 1. The number of nitriles is 1. The lowest BCUT2D eigenvalue weighted by Crippen LogP contribution is -2.27. The summed E-state index contributed by atoms with van der Waals surface area (Å²) in [4.78, 5) is 22.6.